The number of benzene rings is 1. The summed E-state index contributed by atoms with van der Waals surface area (Å²) in [6.07, 6.45) is 0. The third kappa shape index (κ3) is 2.85. The number of nitrogens with zero attached hydrogens (tertiary/aromatic N) is 2. The van der Waals surface area contributed by atoms with Crippen molar-refractivity contribution in [1.82, 2.24) is 10.3 Å². The smallest absolute Gasteiger partial charge is 0.186 e. The first kappa shape index (κ1) is 13.5. The second-order valence-electron chi connectivity index (χ2n) is 4.76. The maximum absolute atomic E-state index is 5.41. The van der Waals surface area contributed by atoms with Gasteiger partial charge < -0.3 is 15.0 Å². The monoisotopic (exact) mass is 289 g/mol. The molecule has 0 spiro atoms. The minimum absolute atomic E-state index is 0.793. The largest absolute Gasteiger partial charge is 0.378 e. The number of hydrogen-bond donors (Lipinski definition) is 1. The highest BCUT2D eigenvalue weighted by atomic mass is 32.1. The van der Waals surface area contributed by atoms with Gasteiger partial charge in [-0.3, -0.25) is 0 Å². The summed E-state index contributed by atoms with van der Waals surface area (Å²) < 4.78 is 5.41. The Balaban J connectivity index is 1.93. The molecular formula is C15H19N3OS. The second kappa shape index (κ2) is 6.35. The van der Waals surface area contributed by atoms with Crippen molar-refractivity contribution in [3.63, 3.8) is 0 Å². The van der Waals surface area contributed by atoms with E-state index in [-0.39, 0.29) is 0 Å². The second-order valence-corrected chi connectivity index (χ2v) is 5.83. The van der Waals surface area contributed by atoms with E-state index >= 15 is 0 Å². The van der Waals surface area contributed by atoms with Crippen LogP contribution in [0.2, 0.25) is 0 Å². The standard InChI is InChI=1S/C15H19N3OS/c1-16-11-13-14(12-5-3-2-4-6-12)17-15(20-13)18-7-9-19-10-8-18/h2-6,16H,7-11H2,1H3. The van der Waals surface area contributed by atoms with Crippen molar-refractivity contribution in [3.8, 4) is 11.3 Å². The van der Waals surface area contributed by atoms with E-state index < -0.39 is 0 Å². The number of anilines is 1. The first-order valence-corrected chi connectivity index (χ1v) is 7.72. The molecule has 0 aliphatic carbocycles. The van der Waals surface area contributed by atoms with E-state index in [4.69, 9.17) is 9.72 Å². The lowest BCUT2D eigenvalue weighted by Crippen LogP contribution is -2.36. The zero-order valence-electron chi connectivity index (χ0n) is 11.6. The summed E-state index contributed by atoms with van der Waals surface area (Å²) in [5.74, 6) is 0. The molecule has 0 unspecified atom stereocenters. The minimum atomic E-state index is 0.793. The summed E-state index contributed by atoms with van der Waals surface area (Å²) >= 11 is 1.78. The average Bonchev–Trinajstić information content (AvgIpc) is 2.94. The summed E-state index contributed by atoms with van der Waals surface area (Å²) in [6.45, 7) is 4.30. The summed E-state index contributed by atoms with van der Waals surface area (Å²) in [5.41, 5.74) is 2.29. The van der Waals surface area contributed by atoms with Gasteiger partial charge in [-0.15, -0.1) is 0 Å². The van der Waals surface area contributed by atoms with Crippen LogP contribution in [0.5, 0.6) is 0 Å². The van der Waals surface area contributed by atoms with Gasteiger partial charge in [-0.25, -0.2) is 4.98 Å². The van der Waals surface area contributed by atoms with Gasteiger partial charge >= 0.3 is 0 Å². The molecule has 2 aromatic rings. The molecular weight excluding hydrogens is 270 g/mol. The normalized spacial score (nSPS) is 15.6. The number of hydrogen-bond acceptors (Lipinski definition) is 5. The lowest BCUT2D eigenvalue weighted by Gasteiger charge is -2.26. The van der Waals surface area contributed by atoms with Gasteiger partial charge in [0.25, 0.3) is 0 Å². The molecule has 1 fully saturated rings. The fourth-order valence-electron chi connectivity index (χ4n) is 2.33. The van der Waals surface area contributed by atoms with Gasteiger partial charge in [0.05, 0.1) is 18.9 Å². The van der Waals surface area contributed by atoms with Crippen molar-refractivity contribution < 1.29 is 4.74 Å². The van der Waals surface area contributed by atoms with Crippen LogP contribution in [-0.2, 0) is 11.3 Å². The van der Waals surface area contributed by atoms with Crippen LogP contribution in [0.25, 0.3) is 11.3 Å². The number of ether oxygens (including phenoxy) is 1. The summed E-state index contributed by atoms with van der Waals surface area (Å²) in [6, 6.07) is 10.4. The molecule has 4 nitrogen and oxygen atoms in total. The van der Waals surface area contributed by atoms with Crippen molar-refractivity contribution in [1.29, 1.82) is 0 Å². The van der Waals surface area contributed by atoms with Gasteiger partial charge in [-0.1, -0.05) is 41.7 Å². The Morgan fingerprint density at radius 1 is 1.25 bits per heavy atom. The number of morpholine rings is 1. The Morgan fingerprint density at radius 2 is 2.00 bits per heavy atom. The highest BCUT2D eigenvalue weighted by molar-refractivity contribution is 7.16. The molecule has 0 amide bonds. The molecule has 0 atom stereocenters. The molecule has 1 N–H and O–H groups in total. The van der Waals surface area contributed by atoms with Crippen LogP contribution in [-0.4, -0.2) is 38.3 Å². The van der Waals surface area contributed by atoms with E-state index in [1.54, 1.807) is 11.3 Å². The van der Waals surface area contributed by atoms with Crippen molar-refractivity contribution >= 4 is 16.5 Å². The first-order chi connectivity index (χ1) is 9.88. The number of rotatable bonds is 4. The molecule has 106 valence electrons. The van der Waals surface area contributed by atoms with Crippen molar-refractivity contribution in [2.75, 3.05) is 38.3 Å². The Bertz CT molecular complexity index is 550. The molecule has 20 heavy (non-hydrogen) atoms. The Morgan fingerprint density at radius 3 is 2.70 bits per heavy atom. The molecule has 3 rings (SSSR count). The third-order valence-electron chi connectivity index (χ3n) is 3.35. The fourth-order valence-corrected chi connectivity index (χ4v) is 3.48. The SMILES string of the molecule is CNCc1sc(N2CCOCC2)nc1-c1ccccc1. The Labute approximate surface area is 123 Å². The maximum Gasteiger partial charge on any atom is 0.186 e. The van der Waals surface area contributed by atoms with Crippen molar-refractivity contribution in [2.24, 2.45) is 0 Å². The lowest BCUT2D eigenvalue weighted by atomic mass is 10.1. The third-order valence-corrected chi connectivity index (χ3v) is 4.47. The first-order valence-electron chi connectivity index (χ1n) is 6.91. The molecule has 1 aliphatic rings. The molecule has 5 heteroatoms. The van der Waals surface area contributed by atoms with Crippen LogP contribution in [0, 0.1) is 0 Å². The van der Waals surface area contributed by atoms with Gasteiger partial charge in [0.1, 0.15) is 0 Å². The summed E-state index contributed by atoms with van der Waals surface area (Å²) in [4.78, 5) is 8.48. The van der Waals surface area contributed by atoms with Crippen LogP contribution in [0.3, 0.4) is 0 Å². The van der Waals surface area contributed by atoms with E-state index in [9.17, 15) is 0 Å². The fraction of sp³-hybridized carbons (Fsp3) is 0.400. The van der Waals surface area contributed by atoms with E-state index in [0.29, 0.717) is 0 Å². The highest BCUT2D eigenvalue weighted by Crippen LogP contribution is 2.33. The van der Waals surface area contributed by atoms with Crippen LogP contribution < -0.4 is 10.2 Å². The number of nitrogens with one attached hydrogen (secondary N) is 1. The quantitative estimate of drug-likeness (QED) is 0.937. The molecule has 0 bridgehead atoms. The van der Waals surface area contributed by atoms with Gasteiger partial charge in [0.15, 0.2) is 5.13 Å². The number of thiazole rings is 1. The van der Waals surface area contributed by atoms with E-state index in [1.165, 1.54) is 10.4 Å². The van der Waals surface area contributed by atoms with E-state index in [1.807, 2.05) is 13.1 Å². The Kier molecular flexibility index (Phi) is 4.30. The summed E-state index contributed by atoms with van der Waals surface area (Å²) in [5, 5.41) is 4.35. The van der Waals surface area contributed by atoms with Crippen LogP contribution in [0.4, 0.5) is 5.13 Å². The molecule has 0 saturated carbocycles. The van der Waals surface area contributed by atoms with Gasteiger partial charge in [0.2, 0.25) is 0 Å². The van der Waals surface area contributed by atoms with Gasteiger partial charge in [-0.05, 0) is 7.05 Å². The van der Waals surface area contributed by atoms with Crippen LogP contribution in [0.15, 0.2) is 30.3 Å². The predicted molar refractivity (Wildman–Crippen MR) is 83.3 cm³/mol. The van der Waals surface area contributed by atoms with Crippen LogP contribution >= 0.6 is 11.3 Å². The lowest BCUT2D eigenvalue weighted by molar-refractivity contribution is 0.122. The highest BCUT2D eigenvalue weighted by Gasteiger charge is 2.18. The van der Waals surface area contributed by atoms with Gasteiger partial charge in [0, 0.05) is 30.1 Å². The topological polar surface area (TPSA) is 37.4 Å². The zero-order valence-corrected chi connectivity index (χ0v) is 12.4. The molecule has 1 aromatic carbocycles. The van der Waals surface area contributed by atoms with E-state index in [0.717, 1.165) is 43.7 Å². The maximum atomic E-state index is 5.41. The van der Waals surface area contributed by atoms with Gasteiger partial charge in [-0.2, -0.15) is 0 Å². The zero-order chi connectivity index (χ0) is 13.8. The molecule has 1 saturated heterocycles. The average molecular weight is 289 g/mol. The minimum Gasteiger partial charge on any atom is -0.378 e. The molecule has 1 aromatic heterocycles. The van der Waals surface area contributed by atoms with E-state index in [2.05, 4.69) is 34.5 Å². The van der Waals surface area contributed by atoms with Crippen molar-refractivity contribution in [2.45, 2.75) is 6.54 Å². The summed E-state index contributed by atoms with van der Waals surface area (Å²) in [7, 11) is 1.98. The molecule has 1 aliphatic heterocycles. The number of aromatic nitrogens is 1. The predicted octanol–water partition coefficient (Wildman–Crippen LogP) is 2.37. The molecule has 2 heterocycles. The Hall–Kier alpha value is -1.43. The van der Waals surface area contributed by atoms with Crippen molar-refractivity contribution in [3.05, 3.63) is 35.2 Å². The molecule has 0 radical (unpaired) electrons. The van der Waals surface area contributed by atoms with Crippen LogP contribution in [0.1, 0.15) is 4.88 Å².